The van der Waals surface area contributed by atoms with E-state index < -0.39 is 0 Å². The van der Waals surface area contributed by atoms with Crippen molar-refractivity contribution in [2.75, 3.05) is 20.2 Å². The van der Waals surface area contributed by atoms with Crippen molar-refractivity contribution in [3.05, 3.63) is 0 Å². The van der Waals surface area contributed by atoms with Gasteiger partial charge in [-0.15, -0.1) is 0 Å². The minimum Gasteiger partial charge on any atom is -0.376 e. The number of rotatable bonds is 2. The number of hydrogen-bond acceptors (Lipinski definition) is 2. The Hall–Kier alpha value is -1.01. The fourth-order valence-corrected chi connectivity index (χ4v) is 1.38. The first-order chi connectivity index (χ1) is 6.24. The normalized spacial score (nSPS) is 20.6. The largest absolute Gasteiger partial charge is 0.376 e. The minimum atomic E-state index is -0.127. The van der Waals surface area contributed by atoms with Crippen LogP contribution in [0.1, 0.15) is 19.8 Å². The van der Waals surface area contributed by atoms with E-state index in [9.17, 15) is 4.79 Å². The van der Waals surface area contributed by atoms with E-state index in [0.717, 1.165) is 19.4 Å². The highest BCUT2D eigenvalue weighted by Gasteiger charge is 2.18. The molecule has 0 bridgehead atoms. The maximum atomic E-state index is 11.2. The summed E-state index contributed by atoms with van der Waals surface area (Å²) >= 11 is 0. The third-order valence-corrected chi connectivity index (χ3v) is 2.08. The van der Waals surface area contributed by atoms with Gasteiger partial charge in [0.25, 0.3) is 5.91 Å². The quantitative estimate of drug-likeness (QED) is 0.585. The van der Waals surface area contributed by atoms with Gasteiger partial charge in [0.2, 0.25) is 0 Å². The Labute approximate surface area is 79.1 Å². The number of hydrogen-bond donors (Lipinski definition) is 0. The lowest BCUT2D eigenvalue weighted by atomic mass is 10.2. The zero-order valence-electron chi connectivity index (χ0n) is 8.17. The predicted molar refractivity (Wildman–Crippen MR) is 50.1 cm³/mol. The Balaban J connectivity index is 2.33. The Kier molecular flexibility index (Phi) is 3.78. The molecular weight excluding hydrogens is 166 g/mol. The van der Waals surface area contributed by atoms with Gasteiger partial charge in [-0.1, -0.05) is 5.92 Å². The maximum Gasteiger partial charge on any atom is 0.298 e. The van der Waals surface area contributed by atoms with Crippen molar-refractivity contribution in [2.24, 2.45) is 0 Å². The Bertz CT molecular complexity index is 233. The average Bonchev–Trinajstić information content (AvgIpc) is 2.57. The van der Waals surface area contributed by atoms with Crippen molar-refractivity contribution in [3.63, 3.8) is 0 Å². The molecule has 3 nitrogen and oxygen atoms in total. The van der Waals surface area contributed by atoms with E-state index in [1.807, 2.05) is 0 Å². The average molecular weight is 181 g/mol. The first-order valence-corrected chi connectivity index (χ1v) is 4.53. The second kappa shape index (κ2) is 4.88. The summed E-state index contributed by atoms with van der Waals surface area (Å²) in [6.07, 6.45) is 2.37. The van der Waals surface area contributed by atoms with Gasteiger partial charge < -0.3 is 9.64 Å². The Morgan fingerprint density at radius 2 is 2.46 bits per heavy atom. The molecule has 72 valence electrons. The summed E-state index contributed by atoms with van der Waals surface area (Å²) < 4.78 is 5.41. The summed E-state index contributed by atoms with van der Waals surface area (Å²) in [5.74, 6) is 4.97. The van der Waals surface area contributed by atoms with Crippen molar-refractivity contribution in [2.45, 2.75) is 25.9 Å². The molecule has 0 aromatic carbocycles. The van der Waals surface area contributed by atoms with Gasteiger partial charge in [0.05, 0.1) is 6.10 Å². The highest BCUT2D eigenvalue weighted by atomic mass is 16.5. The van der Waals surface area contributed by atoms with E-state index in [1.165, 1.54) is 0 Å². The molecule has 1 aliphatic rings. The molecule has 0 spiro atoms. The number of amides is 1. The van der Waals surface area contributed by atoms with Gasteiger partial charge in [-0.05, 0) is 25.7 Å². The van der Waals surface area contributed by atoms with Crippen molar-refractivity contribution < 1.29 is 9.53 Å². The third-order valence-electron chi connectivity index (χ3n) is 2.08. The van der Waals surface area contributed by atoms with E-state index >= 15 is 0 Å². The molecule has 0 aromatic rings. The van der Waals surface area contributed by atoms with Gasteiger partial charge in [-0.3, -0.25) is 4.79 Å². The lowest BCUT2D eigenvalue weighted by molar-refractivity contribution is -0.125. The first-order valence-electron chi connectivity index (χ1n) is 4.53. The summed E-state index contributed by atoms with van der Waals surface area (Å²) in [7, 11) is 1.76. The van der Waals surface area contributed by atoms with Gasteiger partial charge >= 0.3 is 0 Å². The van der Waals surface area contributed by atoms with Crippen molar-refractivity contribution in [1.29, 1.82) is 0 Å². The lowest BCUT2D eigenvalue weighted by Gasteiger charge is -2.17. The number of nitrogens with zero attached hydrogens (tertiary/aromatic N) is 1. The number of likely N-dealkylation sites (N-methyl/N-ethyl adjacent to an activating group) is 1. The zero-order valence-corrected chi connectivity index (χ0v) is 8.17. The highest BCUT2D eigenvalue weighted by Crippen LogP contribution is 2.12. The molecule has 0 aromatic heterocycles. The van der Waals surface area contributed by atoms with E-state index in [-0.39, 0.29) is 12.0 Å². The molecule has 0 radical (unpaired) electrons. The predicted octanol–water partition coefficient (Wildman–Crippen LogP) is 0.647. The van der Waals surface area contributed by atoms with Crippen LogP contribution in [0.3, 0.4) is 0 Å². The molecule has 3 heteroatoms. The molecule has 1 atom stereocenters. The molecular formula is C10H15NO2. The molecule has 1 saturated heterocycles. The molecule has 1 fully saturated rings. The second-order valence-corrected chi connectivity index (χ2v) is 3.20. The van der Waals surface area contributed by atoms with Crippen LogP contribution in [0.25, 0.3) is 0 Å². The molecule has 0 aliphatic carbocycles. The molecule has 1 amide bonds. The van der Waals surface area contributed by atoms with Crippen LogP contribution in [-0.2, 0) is 9.53 Å². The number of carbonyl (C=O) groups excluding carboxylic acids is 1. The molecule has 13 heavy (non-hydrogen) atoms. The fraction of sp³-hybridized carbons (Fsp3) is 0.700. The van der Waals surface area contributed by atoms with Gasteiger partial charge in [0.15, 0.2) is 0 Å². The standard InChI is InChI=1S/C10H15NO2/c1-3-5-10(12)11(2)8-9-6-4-7-13-9/h9H,4,6-8H2,1-2H3/t9-/m0/s1. The maximum absolute atomic E-state index is 11.2. The van der Waals surface area contributed by atoms with Crippen molar-refractivity contribution >= 4 is 5.91 Å². The minimum absolute atomic E-state index is 0.127. The van der Waals surface area contributed by atoms with Crippen LogP contribution in [0.2, 0.25) is 0 Å². The number of ether oxygens (including phenoxy) is 1. The summed E-state index contributed by atoms with van der Waals surface area (Å²) in [4.78, 5) is 12.8. The van der Waals surface area contributed by atoms with Crippen molar-refractivity contribution in [3.8, 4) is 11.8 Å². The smallest absolute Gasteiger partial charge is 0.298 e. The van der Waals surface area contributed by atoms with Crippen LogP contribution in [0.4, 0.5) is 0 Å². The van der Waals surface area contributed by atoms with Crippen LogP contribution in [0.5, 0.6) is 0 Å². The van der Waals surface area contributed by atoms with Crippen LogP contribution < -0.4 is 0 Å². The van der Waals surface area contributed by atoms with Gasteiger partial charge in [-0.2, -0.15) is 0 Å². The van der Waals surface area contributed by atoms with Gasteiger partial charge in [-0.25, -0.2) is 0 Å². The van der Waals surface area contributed by atoms with E-state index in [0.29, 0.717) is 6.54 Å². The van der Waals surface area contributed by atoms with Gasteiger partial charge in [0.1, 0.15) is 0 Å². The topological polar surface area (TPSA) is 29.5 Å². The summed E-state index contributed by atoms with van der Waals surface area (Å²) in [6, 6.07) is 0. The lowest BCUT2D eigenvalue weighted by Crippen LogP contribution is -2.33. The Morgan fingerprint density at radius 1 is 1.69 bits per heavy atom. The van der Waals surface area contributed by atoms with E-state index in [4.69, 9.17) is 4.74 Å². The fourth-order valence-electron chi connectivity index (χ4n) is 1.38. The summed E-state index contributed by atoms with van der Waals surface area (Å²) in [5, 5.41) is 0. The Morgan fingerprint density at radius 3 is 3.00 bits per heavy atom. The number of carbonyl (C=O) groups is 1. The molecule has 0 unspecified atom stereocenters. The second-order valence-electron chi connectivity index (χ2n) is 3.20. The SMILES string of the molecule is CC#CC(=O)N(C)C[C@@H]1CCCO1. The van der Waals surface area contributed by atoms with E-state index in [2.05, 4.69) is 11.8 Å². The first kappa shape index (κ1) is 10.1. The van der Waals surface area contributed by atoms with Crippen LogP contribution in [-0.4, -0.2) is 37.1 Å². The summed E-state index contributed by atoms with van der Waals surface area (Å²) in [6.45, 7) is 3.15. The summed E-state index contributed by atoms with van der Waals surface area (Å²) in [5.41, 5.74) is 0. The van der Waals surface area contributed by atoms with Crippen LogP contribution in [0, 0.1) is 11.8 Å². The monoisotopic (exact) mass is 181 g/mol. The zero-order chi connectivity index (χ0) is 9.68. The molecule has 1 aliphatic heterocycles. The molecule has 1 rings (SSSR count). The van der Waals surface area contributed by atoms with Gasteiger partial charge in [0, 0.05) is 20.2 Å². The van der Waals surface area contributed by atoms with Crippen LogP contribution >= 0.6 is 0 Å². The van der Waals surface area contributed by atoms with Crippen molar-refractivity contribution in [1.82, 2.24) is 4.90 Å². The van der Waals surface area contributed by atoms with E-state index in [1.54, 1.807) is 18.9 Å². The highest BCUT2D eigenvalue weighted by molar-refractivity contribution is 5.93. The molecule has 0 saturated carbocycles. The third kappa shape index (κ3) is 3.08. The van der Waals surface area contributed by atoms with Crippen LogP contribution in [0.15, 0.2) is 0 Å². The molecule has 0 N–H and O–H groups in total. The molecule has 1 heterocycles.